The number of hydrogen-bond acceptors (Lipinski definition) is 5. The van der Waals surface area contributed by atoms with Crippen molar-refractivity contribution in [2.75, 3.05) is 40.9 Å². The maximum absolute atomic E-state index is 12.8. The molecule has 3 unspecified atom stereocenters. The van der Waals surface area contributed by atoms with E-state index in [0.29, 0.717) is 17.4 Å². The number of likely N-dealkylation sites (N-methyl/N-ethyl adjacent to an activating group) is 1. The molecule has 0 aromatic rings. The van der Waals surface area contributed by atoms with Crippen LogP contribution in [0, 0.1) is 0 Å². The van der Waals surface area contributed by atoms with Gasteiger partial charge in [0.1, 0.15) is 13.2 Å². The molecule has 1 amide bonds. The number of nitrogens with zero attached hydrogens (tertiary/aromatic N) is 1. The molecule has 0 aliphatic carbocycles. The average Bonchev–Trinajstić information content (AvgIpc) is 3.07. The van der Waals surface area contributed by atoms with Gasteiger partial charge in [0, 0.05) is 6.42 Å². The second-order valence-electron chi connectivity index (χ2n) is 13.5. The number of phosphoric ester groups is 1. The van der Waals surface area contributed by atoms with Gasteiger partial charge >= 0.3 is 7.82 Å². The fourth-order valence-corrected chi connectivity index (χ4v) is 5.18. The number of carbonyl (C=O) groups excluding carboxylic acids is 1. The van der Waals surface area contributed by atoms with Gasteiger partial charge in [-0.2, -0.15) is 0 Å². The summed E-state index contributed by atoms with van der Waals surface area (Å²) in [4.78, 5) is 23.0. The third-order valence-electron chi connectivity index (χ3n) is 7.52. The predicted octanol–water partition coefficient (Wildman–Crippen LogP) is 10.0. The molecule has 0 radical (unpaired) electrons. The number of unbranched alkanes of at least 4 members (excludes halogenated alkanes) is 5. The maximum atomic E-state index is 12.8. The average molecular weight is 732 g/mol. The highest BCUT2D eigenvalue weighted by molar-refractivity contribution is 7.47. The molecule has 0 aromatic carbocycles. The maximum Gasteiger partial charge on any atom is 0.472 e. The first-order valence-corrected chi connectivity index (χ1v) is 20.6. The number of quaternary nitrogens is 1. The molecule has 0 aromatic heterocycles. The van der Waals surface area contributed by atoms with Gasteiger partial charge in [0.25, 0.3) is 0 Å². The SMILES string of the molecule is CC/C=C\C/C=C\C/C=C\C/C=C\C/C=C\CCCC(=O)NC(COP(=O)(O)OCC[N+](C)(C)C)C(O)/C=C/CC/C=C/CC/C=C/CCCC. The molecule has 3 atom stereocenters. The highest BCUT2D eigenvalue weighted by atomic mass is 31.2. The smallest absolute Gasteiger partial charge is 0.387 e. The van der Waals surface area contributed by atoms with E-state index < -0.39 is 20.0 Å². The van der Waals surface area contributed by atoms with Crippen LogP contribution in [0.4, 0.5) is 0 Å². The molecule has 0 rings (SSSR count). The van der Waals surface area contributed by atoms with Crippen LogP contribution in [0.15, 0.2) is 97.2 Å². The fraction of sp³-hybridized carbons (Fsp3) is 0.595. The van der Waals surface area contributed by atoms with Crippen LogP contribution in [0.5, 0.6) is 0 Å². The molecule has 0 aliphatic heterocycles. The van der Waals surface area contributed by atoms with E-state index in [-0.39, 0.29) is 25.5 Å². The van der Waals surface area contributed by atoms with Crippen LogP contribution in [0.2, 0.25) is 0 Å². The molecular weight excluding hydrogens is 659 g/mol. The molecule has 0 bridgehead atoms. The van der Waals surface area contributed by atoms with Gasteiger partial charge in [-0.3, -0.25) is 13.8 Å². The van der Waals surface area contributed by atoms with E-state index >= 15 is 0 Å². The molecule has 0 fully saturated rings. The lowest BCUT2D eigenvalue weighted by atomic mass is 10.1. The Morgan fingerprint density at radius 3 is 1.69 bits per heavy atom. The third-order valence-corrected chi connectivity index (χ3v) is 8.50. The number of nitrogens with one attached hydrogen (secondary N) is 1. The Morgan fingerprint density at radius 2 is 1.16 bits per heavy atom. The highest BCUT2D eigenvalue weighted by Crippen LogP contribution is 2.43. The van der Waals surface area contributed by atoms with Crippen LogP contribution < -0.4 is 5.32 Å². The number of phosphoric acid groups is 1. The summed E-state index contributed by atoms with van der Waals surface area (Å²) in [7, 11) is 1.49. The van der Waals surface area contributed by atoms with E-state index in [1.54, 1.807) is 6.08 Å². The fourth-order valence-electron chi connectivity index (χ4n) is 4.44. The number of rotatable bonds is 32. The molecule has 0 spiro atoms. The van der Waals surface area contributed by atoms with Crippen molar-refractivity contribution in [3.63, 3.8) is 0 Å². The van der Waals surface area contributed by atoms with E-state index in [1.165, 1.54) is 12.8 Å². The zero-order valence-electron chi connectivity index (χ0n) is 32.5. The standard InChI is InChI=1S/C42H71N2O6P/c1-6-8-10-12-14-16-18-20-21-22-23-24-26-28-30-32-34-36-42(46)43-40(39-50-51(47,48)49-38-37-44(3,4)5)41(45)35-33-31-29-27-25-19-17-15-13-11-9-7-2/h8,10,13-16,20-21,23-25,27-28,30,33,35,40-41,45H,6-7,9,11-12,17-19,22,26,29,31-32,34,36-39H2,1-5H3,(H-,43,46,47,48)/p+1/b10-8-,15-13+,16-14-,21-20-,24-23-,27-25+,30-28-,35-33+. The number of aliphatic hydroxyl groups excluding tert-OH is 1. The van der Waals surface area contributed by atoms with Gasteiger partial charge in [-0.15, -0.1) is 0 Å². The van der Waals surface area contributed by atoms with Crippen molar-refractivity contribution in [2.24, 2.45) is 0 Å². The van der Waals surface area contributed by atoms with Crippen LogP contribution in [-0.4, -0.2) is 73.4 Å². The summed E-state index contributed by atoms with van der Waals surface area (Å²) in [6.45, 7) is 4.52. The molecule has 3 N–H and O–H groups in total. The Morgan fingerprint density at radius 1 is 0.686 bits per heavy atom. The van der Waals surface area contributed by atoms with Gasteiger partial charge in [-0.25, -0.2) is 4.57 Å². The first kappa shape index (κ1) is 48.4. The molecule has 0 aliphatic rings. The number of amides is 1. The van der Waals surface area contributed by atoms with Crippen LogP contribution in [0.1, 0.15) is 110 Å². The van der Waals surface area contributed by atoms with Crippen molar-refractivity contribution in [3.8, 4) is 0 Å². The van der Waals surface area contributed by atoms with E-state index in [1.807, 2.05) is 27.2 Å². The van der Waals surface area contributed by atoms with E-state index in [9.17, 15) is 19.4 Å². The lowest BCUT2D eigenvalue weighted by Gasteiger charge is -2.25. The molecule has 290 valence electrons. The van der Waals surface area contributed by atoms with Crippen LogP contribution in [-0.2, 0) is 18.4 Å². The summed E-state index contributed by atoms with van der Waals surface area (Å²) >= 11 is 0. The monoisotopic (exact) mass is 732 g/mol. The van der Waals surface area contributed by atoms with Crippen molar-refractivity contribution >= 4 is 13.7 Å². The number of aliphatic hydroxyl groups is 1. The highest BCUT2D eigenvalue weighted by Gasteiger charge is 2.27. The molecule has 9 heteroatoms. The molecule has 51 heavy (non-hydrogen) atoms. The van der Waals surface area contributed by atoms with Crippen molar-refractivity contribution in [2.45, 2.75) is 122 Å². The summed E-state index contributed by atoms with van der Waals surface area (Å²) in [5.41, 5.74) is 0. The Balaban J connectivity index is 4.72. The first-order chi connectivity index (χ1) is 24.5. The first-order valence-electron chi connectivity index (χ1n) is 19.1. The zero-order valence-corrected chi connectivity index (χ0v) is 33.4. The minimum absolute atomic E-state index is 0.0369. The Labute approximate surface area is 311 Å². The Bertz CT molecular complexity index is 1150. The summed E-state index contributed by atoms with van der Waals surface area (Å²) in [6, 6.07) is -0.903. The van der Waals surface area contributed by atoms with Gasteiger partial charge in [-0.1, -0.05) is 124 Å². The quantitative estimate of drug-likeness (QED) is 0.0275. The van der Waals surface area contributed by atoms with E-state index in [4.69, 9.17) is 9.05 Å². The number of hydrogen-bond donors (Lipinski definition) is 3. The van der Waals surface area contributed by atoms with Crippen molar-refractivity contribution in [1.29, 1.82) is 0 Å². The van der Waals surface area contributed by atoms with Crippen molar-refractivity contribution in [1.82, 2.24) is 5.32 Å². The van der Waals surface area contributed by atoms with Gasteiger partial charge in [0.2, 0.25) is 5.91 Å². The topological polar surface area (TPSA) is 105 Å². The van der Waals surface area contributed by atoms with E-state index in [0.717, 1.165) is 70.6 Å². The summed E-state index contributed by atoms with van der Waals surface area (Å²) in [5, 5.41) is 13.7. The molecule has 0 saturated heterocycles. The Kier molecular flexibility index (Phi) is 31.6. The molecule has 0 heterocycles. The van der Waals surface area contributed by atoms with Crippen molar-refractivity contribution < 1.29 is 32.9 Å². The predicted molar refractivity (Wildman–Crippen MR) is 216 cm³/mol. The van der Waals surface area contributed by atoms with Crippen LogP contribution >= 0.6 is 7.82 Å². The van der Waals surface area contributed by atoms with Gasteiger partial charge in [0.05, 0.1) is 39.9 Å². The number of carbonyl (C=O) groups is 1. The van der Waals surface area contributed by atoms with Gasteiger partial charge in [-0.05, 0) is 77.0 Å². The van der Waals surface area contributed by atoms with Gasteiger partial charge in [0.15, 0.2) is 0 Å². The summed E-state index contributed by atoms with van der Waals surface area (Å²) < 4.78 is 23.4. The third kappa shape index (κ3) is 35.6. The minimum atomic E-state index is -4.36. The Hall–Kier alpha value is -2.58. The normalized spacial score (nSPS) is 15.7. The van der Waals surface area contributed by atoms with Gasteiger partial charge < -0.3 is 19.8 Å². The second-order valence-corrected chi connectivity index (χ2v) is 15.0. The summed E-state index contributed by atoms with van der Waals surface area (Å²) in [5.74, 6) is -0.256. The van der Waals surface area contributed by atoms with Crippen LogP contribution in [0.3, 0.4) is 0 Å². The summed E-state index contributed by atoms with van der Waals surface area (Å²) in [6.07, 6.45) is 46.3. The van der Waals surface area contributed by atoms with E-state index in [2.05, 4.69) is 104 Å². The van der Waals surface area contributed by atoms with Crippen molar-refractivity contribution in [3.05, 3.63) is 97.2 Å². The largest absolute Gasteiger partial charge is 0.472 e. The molecule has 8 nitrogen and oxygen atoms in total. The lowest BCUT2D eigenvalue weighted by molar-refractivity contribution is -0.870. The molecular formula is C42H72N2O6P+. The zero-order chi connectivity index (χ0) is 37.9. The number of allylic oxidation sites excluding steroid dienone is 15. The van der Waals surface area contributed by atoms with Crippen LogP contribution in [0.25, 0.3) is 0 Å². The lowest BCUT2D eigenvalue weighted by Crippen LogP contribution is -2.45. The minimum Gasteiger partial charge on any atom is -0.387 e. The molecule has 0 saturated carbocycles. The second kappa shape index (κ2) is 33.3.